The van der Waals surface area contributed by atoms with Crippen LogP contribution in [0.3, 0.4) is 0 Å². The van der Waals surface area contributed by atoms with Crippen molar-refractivity contribution in [2.45, 2.75) is 56.6 Å². The number of benzene rings is 2. The summed E-state index contributed by atoms with van der Waals surface area (Å²) in [6.45, 7) is 0.558. The molecule has 2 aromatic carbocycles. The van der Waals surface area contributed by atoms with Gasteiger partial charge in [0.2, 0.25) is 5.91 Å². The van der Waals surface area contributed by atoms with Gasteiger partial charge in [0.1, 0.15) is 5.82 Å². The number of carbonyl (C=O) groups excluding carboxylic acids is 1. The summed E-state index contributed by atoms with van der Waals surface area (Å²) >= 11 is 0. The van der Waals surface area contributed by atoms with Crippen LogP contribution in [0, 0.1) is 11.7 Å². The first kappa shape index (κ1) is 19.1. The minimum Gasteiger partial charge on any atom is -0.389 e. The van der Waals surface area contributed by atoms with Gasteiger partial charge in [-0.25, -0.2) is 4.39 Å². The molecule has 1 amide bonds. The molecular weight excluding hydrogens is 353 g/mol. The molecule has 1 heterocycles. The van der Waals surface area contributed by atoms with E-state index in [0.29, 0.717) is 25.8 Å². The van der Waals surface area contributed by atoms with E-state index in [1.54, 1.807) is 12.1 Å². The summed E-state index contributed by atoms with van der Waals surface area (Å²) < 4.78 is 13.5. The van der Waals surface area contributed by atoms with Crippen molar-refractivity contribution in [1.82, 2.24) is 4.90 Å². The number of aryl methyl sites for hydroxylation is 1. The fraction of sp³-hybridized carbons (Fsp3) is 0.458. The molecular formula is C24H28FNO2. The lowest BCUT2D eigenvalue weighted by molar-refractivity contribution is -0.155. The predicted octanol–water partition coefficient (Wildman–Crippen LogP) is 4.65. The van der Waals surface area contributed by atoms with E-state index in [0.717, 1.165) is 36.8 Å². The summed E-state index contributed by atoms with van der Waals surface area (Å²) in [4.78, 5) is 15.1. The lowest BCUT2D eigenvalue weighted by Gasteiger charge is -2.52. The smallest absolute Gasteiger partial charge is 0.223 e. The average Bonchev–Trinajstić information content (AvgIpc) is 2.72. The minimum absolute atomic E-state index is 0.0149. The Morgan fingerprint density at radius 2 is 1.82 bits per heavy atom. The normalized spacial score (nSPS) is 27.3. The lowest BCUT2D eigenvalue weighted by Crippen LogP contribution is -2.56. The SMILES string of the molecule is O=C(CCc1ccccc1)N1CC[C@]2(O)CCCC[C@H]2[C@H]1c1ccc(F)cc1. The lowest BCUT2D eigenvalue weighted by atomic mass is 9.66. The number of carbonyl (C=O) groups is 1. The van der Waals surface area contributed by atoms with E-state index in [1.165, 1.54) is 12.1 Å². The molecule has 0 unspecified atom stereocenters. The fourth-order valence-corrected chi connectivity index (χ4v) is 5.07. The van der Waals surface area contributed by atoms with Gasteiger partial charge in [-0.3, -0.25) is 4.79 Å². The summed E-state index contributed by atoms with van der Waals surface area (Å²) in [6, 6.07) is 16.3. The molecule has 0 spiro atoms. The highest BCUT2D eigenvalue weighted by Crippen LogP contribution is 2.49. The van der Waals surface area contributed by atoms with Crippen LogP contribution in [0.25, 0.3) is 0 Å². The summed E-state index contributed by atoms with van der Waals surface area (Å²) in [5.41, 5.74) is 1.37. The van der Waals surface area contributed by atoms with Crippen molar-refractivity contribution in [3.05, 3.63) is 71.5 Å². The van der Waals surface area contributed by atoms with E-state index in [1.807, 2.05) is 35.2 Å². The van der Waals surface area contributed by atoms with E-state index < -0.39 is 5.60 Å². The molecule has 3 nitrogen and oxygen atoms in total. The Bertz CT molecular complexity index is 807. The number of likely N-dealkylation sites (tertiary alicyclic amines) is 1. The van der Waals surface area contributed by atoms with E-state index >= 15 is 0 Å². The molecule has 1 N–H and O–H groups in total. The third kappa shape index (κ3) is 3.83. The van der Waals surface area contributed by atoms with Gasteiger partial charge >= 0.3 is 0 Å². The largest absolute Gasteiger partial charge is 0.389 e. The van der Waals surface area contributed by atoms with Gasteiger partial charge in [-0.05, 0) is 48.9 Å². The van der Waals surface area contributed by atoms with Crippen LogP contribution in [-0.4, -0.2) is 28.1 Å². The highest BCUT2D eigenvalue weighted by Gasteiger charge is 2.49. The Balaban J connectivity index is 1.58. The van der Waals surface area contributed by atoms with Crippen molar-refractivity contribution in [2.75, 3.05) is 6.54 Å². The summed E-state index contributed by atoms with van der Waals surface area (Å²) in [5.74, 6) is -0.146. The second kappa shape index (κ2) is 8.04. The van der Waals surface area contributed by atoms with Gasteiger partial charge < -0.3 is 10.0 Å². The topological polar surface area (TPSA) is 40.5 Å². The molecule has 4 heteroatoms. The zero-order valence-corrected chi connectivity index (χ0v) is 16.2. The molecule has 0 aromatic heterocycles. The van der Waals surface area contributed by atoms with E-state index in [2.05, 4.69) is 0 Å². The predicted molar refractivity (Wildman–Crippen MR) is 107 cm³/mol. The first-order chi connectivity index (χ1) is 13.6. The van der Waals surface area contributed by atoms with Crippen LogP contribution in [0.1, 0.15) is 55.7 Å². The van der Waals surface area contributed by atoms with Crippen molar-refractivity contribution in [3.63, 3.8) is 0 Å². The van der Waals surface area contributed by atoms with Gasteiger partial charge in [-0.2, -0.15) is 0 Å². The van der Waals surface area contributed by atoms with Crippen molar-refractivity contribution in [2.24, 2.45) is 5.92 Å². The van der Waals surface area contributed by atoms with Gasteiger partial charge in [0, 0.05) is 18.9 Å². The Hall–Kier alpha value is -2.20. The number of piperidine rings is 1. The zero-order valence-electron chi connectivity index (χ0n) is 16.2. The minimum atomic E-state index is -0.715. The summed E-state index contributed by atoms with van der Waals surface area (Å²) in [7, 11) is 0. The quantitative estimate of drug-likeness (QED) is 0.837. The number of aliphatic hydroxyl groups is 1. The monoisotopic (exact) mass is 381 g/mol. The van der Waals surface area contributed by atoms with Crippen LogP contribution < -0.4 is 0 Å². The standard InChI is InChI=1S/C24H28FNO2/c25-20-12-10-19(11-13-20)23-21-8-4-5-15-24(21,28)16-17-26(23)22(27)14-9-18-6-2-1-3-7-18/h1-3,6-7,10-13,21,23,28H,4-5,8-9,14-17H2/t21-,23+,24+/m0/s1. The molecule has 2 aromatic rings. The summed E-state index contributed by atoms with van der Waals surface area (Å²) in [5, 5.41) is 11.3. The maximum Gasteiger partial charge on any atom is 0.223 e. The number of amides is 1. The second-order valence-electron chi connectivity index (χ2n) is 8.27. The average molecular weight is 381 g/mol. The molecule has 0 bridgehead atoms. The number of halogens is 1. The van der Waals surface area contributed by atoms with E-state index in [4.69, 9.17) is 0 Å². The summed E-state index contributed by atoms with van der Waals surface area (Å²) in [6.07, 6.45) is 5.59. The maximum absolute atomic E-state index is 13.5. The van der Waals surface area contributed by atoms with Gasteiger partial charge in [0.05, 0.1) is 11.6 Å². The van der Waals surface area contributed by atoms with E-state index in [-0.39, 0.29) is 23.7 Å². The van der Waals surface area contributed by atoms with Crippen molar-refractivity contribution in [3.8, 4) is 0 Å². The molecule has 1 aliphatic heterocycles. The molecule has 2 fully saturated rings. The number of hydrogen-bond acceptors (Lipinski definition) is 2. The van der Waals surface area contributed by atoms with Gasteiger partial charge in [0.15, 0.2) is 0 Å². The van der Waals surface area contributed by atoms with Crippen molar-refractivity contribution < 1.29 is 14.3 Å². The van der Waals surface area contributed by atoms with Crippen molar-refractivity contribution in [1.29, 1.82) is 0 Å². The molecule has 2 aliphatic rings. The Morgan fingerprint density at radius 3 is 2.57 bits per heavy atom. The number of rotatable bonds is 4. The molecule has 1 saturated carbocycles. The molecule has 4 rings (SSSR count). The Kier molecular flexibility index (Phi) is 5.49. The first-order valence-electron chi connectivity index (χ1n) is 10.4. The third-order valence-corrected chi connectivity index (χ3v) is 6.57. The maximum atomic E-state index is 13.5. The van der Waals surface area contributed by atoms with Crippen molar-refractivity contribution >= 4 is 5.91 Å². The van der Waals surface area contributed by atoms with Gasteiger partial charge in [-0.1, -0.05) is 55.3 Å². The van der Waals surface area contributed by atoms with Crippen LogP contribution in [-0.2, 0) is 11.2 Å². The molecule has 3 atom stereocenters. The number of hydrogen-bond donors (Lipinski definition) is 1. The fourth-order valence-electron chi connectivity index (χ4n) is 5.07. The Morgan fingerprint density at radius 1 is 1.07 bits per heavy atom. The van der Waals surface area contributed by atoms with Crippen LogP contribution >= 0.6 is 0 Å². The molecule has 1 saturated heterocycles. The second-order valence-corrected chi connectivity index (χ2v) is 8.27. The highest BCUT2D eigenvalue weighted by atomic mass is 19.1. The zero-order chi connectivity index (χ0) is 19.6. The van der Waals surface area contributed by atoms with Gasteiger partial charge in [0.25, 0.3) is 0 Å². The molecule has 148 valence electrons. The first-order valence-corrected chi connectivity index (χ1v) is 10.4. The van der Waals surface area contributed by atoms with Gasteiger partial charge in [-0.15, -0.1) is 0 Å². The molecule has 1 aliphatic carbocycles. The number of fused-ring (bicyclic) bond motifs is 1. The highest BCUT2D eigenvalue weighted by molar-refractivity contribution is 5.77. The van der Waals surface area contributed by atoms with Crippen LogP contribution in [0.5, 0.6) is 0 Å². The number of nitrogens with zero attached hydrogens (tertiary/aromatic N) is 1. The van der Waals surface area contributed by atoms with Crippen LogP contribution in [0.4, 0.5) is 4.39 Å². The van der Waals surface area contributed by atoms with Crippen LogP contribution in [0.15, 0.2) is 54.6 Å². The molecule has 0 radical (unpaired) electrons. The van der Waals surface area contributed by atoms with Crippen LogP contribution in [0.2, 0.25) is 0 Å². The van der Waals surface area contributed by atoms with E-state index in [9.17, 15) is 14.3 Å². The Labute approximate surface area is 166 Å². The third-order valence-electron chi connectivity index (χ3n) is 6.57. The molecule has 28 heavy (non-hydrogen) atoms.